The van der Waals surface area contributed by atoms with Crippen LogP contribution in [-0.2, 0) is 4.79 Å². The van der Waals surface area contributed by atoms with Gasteiger partial charge in [-0.25, -0.2) is 0 Å². The summed E-state index contributed by atoms with van der Waals surface area (Å²) in [7, 11) is 3.46. The van der Waals surface area contributed by atoms with Gasteiger partial charge in [0.1, 0.15) is 0 Å². The molecule has 0 aromatic heterocycles. The number of nitrogens with zero attached hydrogens (tertiary/aromatic N) is 3. The van der Waals surface area contributed by atoms with Crippen LogP contribution in [0.5, 0.6) is 0 Å². The van der Waals surface area contributed by atoms with Gasteiger partial charge in [-0.05, 0) is 11.1 Å². The normalized spacial score (nSPS) is 19.4. The molecule has 0 fully saturated rings. The van der Waals surface area contributed by atoms with Gasteiger partial charge in [0.15, 0.2) is 0 Å². The first kappa shape index (κ1) is 16.8. The topological polar surface area (TPSA) is 75.8 Å². The first-order valence-electron chi connectivity index (χ1n) is 8.05. The molecule has 1 aliphatic heterocycles. The molecule has 1 amide bonds. The molecule has 0 N–H and O–H groups in total. The summed E-state index contributed by atoms with van der Waals surface area (Å²) in [5.41, 5.74) is 2.74. The molecule has 0 spiro atoms. The summed E-state index contributed by atoms with van der Waals surface area (Å²) in [6, 6.07) is 15.8. The molecule has 0 radical (unpaired) electrons. The molecule has 6 nitrogen and oxygen atoms in total. The molecule has 0 bridgehead atoms. The number of nitro groups is 1. The molecule has 128 valence electrons. The van der Waals surface area contributed by atoms with E-state index in [0.717, 1.165) is 16.8 Å². The second-order valence-electron chi connectivity index (χ2n) is 6.28. The summed E-state index contributed by atoms with van der Waals surface area (Å²) >= 11 is 0. The molecule has 0 unspecified atom stereocenters. The highest BCUT2D eigenvalue weighted by atomic mass is 16.6. The zero-order valence-corrected chi connectivity index (χ0v) is 14.1. The molecule has 0 aliphatic carbocycles. The summed E-state index contributed by atoms with van der Waals surface area (Å²) in [5.74, 6) is -0.287. The maximum Gasteiger partial charge on any atom is 0.269 e. The zero-order chi connectivity index (χ0) is 18.0. The van der Waals surface area contributed by atoms with E-state index in [1.165, 1.54) is 12.1 Å². The van der Waals surface area contributed by atoms with Crippen molar-refractivity contribution in [2.45, 2.75) is 12.5 Å². The molecule has 0 saturated heterocycles. The molecular weight excluding hydrogens is 318 g/mol. The Morgan fingerprint density at radius 3 is 2.32 bits per heavy atom. The van der Waals surface area contributed by atoms with Crippen LogP contribution in [0.25, 0.3) is 0 Å². The van der Waals surface area contributed by atoms with Crippen LogP contribution in [0.2, 0.25) is 0 Å². The molecule has 0 saturated carbocycles. The van der Waals surface area contributed by atoms with Gasteiger partial charge in [-0.2, -0.15) is 0 Å². The highest BCUT2D eigenvalue weighted by molar-refractivity contribution is 6.04. The lowest BCUT2D eigenvalue weighted by Gasteiger charge is -2.21. The number of hydrogen-bond acceptors (Lipinski definition) is 4. The quantitative estimate of drug-likeness (QED) is 0.635. The SMILES string of the molecule is CN(C)C(=O)[C@H]1CC(c2ccccc2)=N[C@H]1c1ccc([N+](=O)[O-])cc1. The standard InChI is InChI=1S/C19H19N3O3/c1-21(2)19(23)16-12-17(13-6-4-3-5-7-13)20-18(16)14-8-10-15(11-9-14)22(24)25/h3-11,16,18H,12H2,1-2H3/t16-,18-/m0/s1. The number of hydrogen-bond donors (Lipinski definition) is 0. The molecule has 6 heteroatoms. The first-order valence-corrected chi connectivity index (χ1v) is 8.05. The number of carbonyl (C=O) groups excluding carboxylic acids is 1. The summed E-state index contributed by atoms with van der Waals surface area (Å²) in [6.45, 7) is 0. The van der Waals surface area contributed by atoms with Crippen LogP contribution >= 0.6 is 0 Å². The van der Waals surface area contributed by atoms with Gasteiger partial charge < -0.3 is 4.90 Å². The third-order valence-electron chi connectivity index (χ3n) is 4.40. The minimum absolute atomic E-state index is 0.0121. The number of carbonyl (C=O) groups is 1. The van der Waals surface area contributed by atoms with Crippen molar-refractivity contribution in [2.24, 2.45) is 10.9 Å². The fraction of sp³-hybridized carbons (Fsp3) is 0.263. The Labute approximate surface area is 146 Å². The van der Waals surface area contributed by atoms with Crippen LogP contribution in [-0.4, -0.2) is 35.5 Å². The van der Waals surface area contributed by atoms with E-state index in [2.05, 4.69) is 0 Å². The molecule has 2 aromatic carbocycles. The average Bonchev–Trinajstić information content (AvgIpc) is 3.07. The Morgan fingerprint density at radius 1 is 1.12 bits per heavy atom. The van der Waals surface area contributed by atoms with E-state index in [0.29, 0.717) is 6.42 Å². The minimum Gasteiger partial charge on any atom is -0.348 e. The fourth-order valence-corrected chi connectivity index (χ4v) is 3.11. The van der Waals surface area contributed by atoms with Crippen molar-refractivity contribution in [3.8, 4) is 0 Å². The van der Waals surface area contributed by atoms with Crippen molar-refractivity contribution < 1.29 is 9.72 Å². The molecule has 2 aromatic rings. The molecule has 3 rings (SSSR count). The first-order chi connectivity index (χ1) is 12.0. The Balaban J connectivity index is 1.97. The smallest absolute Gasteiger partial charge is 0.269 e. The van der Waals surface area contributed by atoms with Crippen molar-refractivity contribution in [1.82, 2.24) is 4.90 Å². The predicted molar refractivity (Wildman–Crippen MR) is 95.6 cm³/mol. The monoisotopic (exact) mass is 337 g/mol. The van der Waals surface area contributed by atoms with Gasteiger partial charge in [-0.3, -0.25) is 19.9 Å². The van der Waals surface area contributed by atoms with Gasteiger partial charge in [-0.15, -0.1) is 0 Å². The average molecular weight is 337 g/mol. The van der Waals surface area contributed by atoms with E-state index in [9.17, 15) is 14.9 Å². The Morgan fingerprint density at radius 2 is 1.76 bits per heavy atom. The molecule has 1 heterocycles. The predicted octanol–water partition coefficient (Wildman–Crippen LogP) is 3.23. The van der Waals surface area contributed by atoms with Gasteiger partial charge >= 0.3 is 0 Å². The van der Waals surface area contributed by atoms with Crippen LogP contribution < -0.4 is 0 Å². The van der Waals surface area contributed by atoms with Gasteiger partial charge in [0.2, 0.25) is 5.91 Å². The van der Waals surface area contributed by atoms with Gasteiger partial charge in [0.05, 0.1) is 16.9 Å². The summed E-state index contributed by atoms with van der Waals surface area (Å²) < 4.78 is 0. The van der Waals surface area contributed by atoms with E-state index >= 15 is 0 Å². The van der Waals surface area contributed by atoms with Crippen LogP contribution in [0, 0.1) is 16.0 Å². The number of nitro benzene ring substituents is 1. The molecule has 25 heavy (non-hydrogen) atoms. The third-order valence-corrected chi connectivity index (χ3v) is 4.40. The second-order valence-corrected chi connectivity index (χ2v) is 6.28. The lowest BCUT2D eigenvalue weighted by atomic mass is 9.90. The van der Waals surface area contributed by atoms with E-state index in [1.54, 1.807) is 31.1 Å². The second kappa shape index (κ2) is 6.84. The largest absolute Gasteiger partial charge is 0.348 e. The number of aliphatic imine (C=N–C) groups is 1. The molecule has 1 aliphatic rings. The third kappa shape index (κ3) is 3.42. The van der Waals surface area contributed by atoms with Crippen molar-refractivity contribution in [3.05, 3.63) is 75.8 Å². The minimum atomic E-state index is -0.431. The van der Waals surface area contributed by atoms with Crippen molar-refractivity contribution in [1.29, 1.82) is 0 Å². The Bertz CT molecular complexity index is 814. The summed E-state index contributed by atoms with van der Waals surface area (Å²) in [5, 5.41) is 10.8. The van der Waals surface area contributed by atoms with Crippen LogP contribution in [0.15, 0.2) is 59.6 Å². The van der Waals surface area contributed by atoms with Crippen LogP contribution in [0.4, 0.5) is 5.69 Å². The Hall–Kier alpha value is -3.02. The maximum atomic E-state index is 12.6. The van der Waals surface area contributed by atoms with Crippen LogP contribution in [0.3, 0.4) is 0 Å². The van der Waals surface area contributed by atoms with Crippen LogP contribution in [0.1, 0.15) is 23.6 Å². The number of benzene rings is 2. The highest BCUT2D eigenvalue weighted by Crippen LogP contribution is 2.37. The lowest BCUT2D eigenvalue weighted by Crippen LogP contribution is -2.31. The molecular formula is C19H19N3O3. The zero-order valence-electron chi connectivity index (χ0n) is 14.1. The van der Waals surface area contributed by atoms with E-state index in [1.807, 2.05) is 30.3 Å². The van der Waals surface area contributed by atoms with Gasteiger partial charge in [-0.1, -0.05) is 42.5 Å². The van der Waals surface area contributed by atoms with Gasteiger partial charge in [0.25, 0.3) is 5.69 Å². The van der Waals surface area contributed by atoms with Gasteiger partial charge in [0, 0.05) is 38.4 Å². The van der Waals surface area contributed by atoms with E-state index in [-0.39, 0.29) is 23.6 Å². The fourth-order valence-electron chi connectivity index (χ4n) is 3.11. The number of amides is 1. The van der Waals surface area contributed by atoms with Crippen molar-refractivity contribution in [2.75, 3.05) is 14.1 Å². The highest BCUT2D eigenvalue weighted by Gasteiger charge is 2.37. The molecule has 2 atom stereocenters. The Kier molecular flexibility index (Phi) is 4.61. The number of rotatable bonds is 4. The lowest BCUT2D eigenvalue weighted by molar-refractivity contribution is -0.384. The summed E-state index contributed by atoms with van der Waals surface area (Å²) in [6.07, 6.45) is 0.558. The van der Waals surface area contributed by atoms with Crippen molar-refractivity contribution >= 4 is 17.3 Å². The van der Waals surface area contributed by atoms with E-state index < -0.39 is 4.92 Å². The summed E-state index contributed by atoms with van der Waals surface area (Å²) in [4.78, 5) is 29.4. The maximum absolute atomic E-state index is 12.6. The van der Waals surface area contributed by atoms with E-state index in [4.69, 9.17) is 4.99 Å². The number of non-ortho nitro benzene ring substituents is 1. The van der Waals surface area contributed by atoms with Crippen molar-refractivity contribution in [3.63, 3.8) is 0 Å².